The predicted octanol–water partition coefficient (Wildman–Crippen LogP) is 5.74. The van der Waals surface area contributed by atoms with Crippen molar-refractivity contribution >= 4 is 28.3 Å². The van der Waals surface area contributed by atoms with Crippen molar-refractivity contribution in [2.75, 3.05) is 7.11 Å². The van der Waals surface area contributed by atoms with Crippen LogP contribution in [0.3, 0.4) is 0 Å². The van der Waals surface area contributed by atoms with Gasteiger partial charge >= 0.3 is 0 Å². The molecule has 0 heterocycles. The van der Waals surface area contributed by atoms with Crippen LogP contribution in [-0.2, 0) is 13.2 Å². The monoisotopic (exact) mass is 427 g/mol. The SMILES string of the molecule is CCC(C)(C)NCc1cc(Br)cc(OC)c1OCc1ccccc1.Cl. The Balaban J connectivity index is 0.00000312. The molecule has 2 aromatic rings. The van der Waals surface area contributed by atoms with Crippen LogP contribution in [0.25, 0.3) is 0 Å². The third-order valence-corrected chi connectivity index (χ3v) is 4.64. The maximum atomic E-state index is 6.11. The Labute approximate surface area is 165 Å². The second-order valence-electron chi connectivity index (χ2n) is 6.46. The van der Waals surface area contributed by atoms with E-state index in [-0.39, 0.29) is 17.9 Å². The molecule has 0 saturated carbocycles. The first-order valence-electron chi connectivity index (χ1n) is 8.23. The van der Waals surface area contributed by atoms with Crippen molar-refractivity contribution in [1.82, 2.24) is 5.32 Å². The molecule has 5 heteroatoms. The van der Waals surface area contributed by atoms with Crippen LogP contribution in [0.15, 0.2) is 46.9 Å². The summed E-state index contributed by atoms with van der Waals surface area (Å²) in [6.45, 7) is 7.82. The highest BCUT2D eigenvalue weighted by atomic mass is 79.9. The van der Waals surface area contributed by atoms with Crippen LogP contribution in [-0.4, -0.2) is 12.6 Å². The van der Waals surface area contributed by atoms with Crippen LogP contribution in [0.4, 0.5) is 0 Å². The highest BCUT2D eigenvalue weighted by Crippen LogP contribution is 2.35. The number of hydrogen-bond donors (Lipinski definition) is 1. The Hall–Kier alpha value is -1.23. The minimum absolute atomic E-state index is 0. The Morgan fingerprint density at radius 3 is 2.40 bits per heavy atom. The van der Waals surface area contributed by atoms with E-state index in [4.69, 9.17) is 9.47 Å². The van der Waals surface area contributed by atoms with Crippen LogP contribution in [0.2, 0.25) is 0 Å². The van der Waals surface area contributed by atoms with E-state index in [0.29, 0.717) is 6.61 Å². The number of halogens is 2. The predicted molar refractivity (Wildman–Crippen MR) is 110 cm³/mol. The smallest absolute Gasteiger partial charge is 0.166 e. The fraction of sp³-hybridized carbons (Fsp3) is 0.400. The summed E-state index contributed by atoms with van der Waals surface area (Å²) in [4.78, 5) is 0. The van der Waals surface area contributed by atoms with E-state index < -0.39 is 0 Å². The molecular formula is C20H27BrClNO2. The Kier molecular flexibility index (Phi) is 8.77. The molecule has 0 spiro atoms. The topological polar surface area (TPSA) is 30.5 Å². The minimum Gasteiger partial charge on any atom is -0.493 e. The van der Waals surface area contributed by atoms with Crippen molar-refractivity contribution in [3.05, 3.63) is 58.1 Å². The Bertz CT molecular complexity index is 662. The van der Waals surface area contributed by atoms with E-state index in [1.165, 1.54) is 0 Å². The molecule has 3 nitrogen and oxygen atoms in total. The van der Waals surface area contributed by atoms with E-state index >= 15 is 0 Å². The average Bonchev–Trinajstić information content (AvgIpc) is 2.59. The molecular weight excluding hydrogens is 402 g/mol. The van der Waals surface area contributed by atoms with Gasteiger partial charge in [-0.25, -0.2) is 0 Å². The number of benzene rings is 2. The molecule has 0 fully saturated rings. The summed E-state index contributed by atoms with van der Waals surface area (Å²) in [5.41, 5.74) is 2.29. The third kappa shape index (κ3) is 6.53. The molecule has 0 atom stereocenters. The minimum atomic E-state index is 0. The summed E-state index contributed by atoms with van der Waals surface area (Å²) >= 11 is 3.56. The first kappa shape index (κ1) is 21.8. The van der Waals surface area contributed by atoms with Crippen molar-refractivity contribution in [1.29, 1.82) is 0 Å². The van der Waals surface area contributed by atoms with E-state index in [2.05, 4.69) is 60.2 Å². The molecule has 0 aromatic heterocycles. The molecule has 0 radical (unpaired) electrons. The van der Waals surface area contributed by atoms with Crippen molar-refractivity contribution in [2.24, 2.45) is 0 Å². The Morgan fingerprint density at radius 1 is 1.12 bits per heavy atom. The van der Waals surface area contributed by atoms with Gasteiger partial charge in [0.25, 0.3) is 0 Å². The zero-order valence-corrected chi connectivity index (χ0v) is 17.7. The molecule has 0 amide bonds. The van der Waals surface area contributed by atoms with Crippen LogP contribution in [0.5, 0.6) is 11.5 Å². The number of ether oxygens (including phenoxy) is 2. The number of nitrogens with one attached hydrogen (secondary N) is 1. The first-order chi connectivity index (χ1) is 11.4. The fourth-order valence-electron chi connectivity index (χ4n) is 2.26. The molecule has 25 heavy (non-hydrogen) atoms. The summed E-state index contributed by atoms with van der Waals surface area (Å²) in [5, 5.41) is 3.59. The van der Waals surface area contributed by atoms with E-state index in [1.807, 2.05) is 24.3 Å². The summed E-state index contributed by atoms with van der Waals surface area (Å²) < 4.78 is 12.6. The Morgan fingerprint density at radius 2 is 1.80 bits per heavy atom. The van der Waals surface area contributed by atoms with E-state index in [9.17, 15) is 0 Å². The molecule has 1 N–H and O–H groups in total. The standard InChI is InChI=1S/C20H26BrNO2.ClH/c1-5-20(2,3)22-13-16-11-17(21)12-18(23-4)19(16)24-14-15-9-7-6-8-10-15;/h6-12,22H,5,13-14H2,1-4H3;1H. The van der Waals surface area contributed by atoms with E-state index in [1.54, 1.807) is 7.11 Å². The first-order valence-corrected chi connectivity index (χ1v) is 9.02. The molecule has 0 saturated heterocycles. The quantitative estimate of drug-likeness (QED) is 0.582. The maximum Gasteiger partial charge on any atom is 0.166 e. The van der Waals surface area contributed by atoms with Gasteiger partial charge in [-0.3, -0.25) is 0 Å². The van der Waals surface area contributed by atoms with Gasteiger partial charge < -0.3 is 14.8 Å². The van der Waals surface area contributed by atoms with Crippen molar-refractivity contribution in [3.8, 4) is 11.5 Å². The van der Waals surface area contributed by atoms with Gasteiger partial charge in [0, 0.05) is 22.1 Å². The molecule has 0 unspecified atom stereocenters. The molecule has 2 rings (SSSR count). The second-order valence-corrected chi connectivity index (χ2v) is 7.38. The molecule has 0 aliphatic rings. The van der Waals surface area contributed by atoms with Crippen LogP contribution in [0.1, 0.15) is 38.3 Å². The summed E-state index contributed by atoms with van der Waals surface area (Å²) in [7, 11) is 1.67. The zero-order chi connectivity index (χ0) is 17.6. The number of hydrogen-bond acceptors (Lipinski definition) is 3. The number of rotatable bonds is 8. The summed E-state index contributed by atoms with van der Waals surface area (Å²) in [6, 6.07) is 14.2. The van der Waals surface area contributed by atoms with Crippen molar-refractivity contribution < 1.29 is 9.47 Å². The van der Waals surface area contributed by atoms with Gasteiger partial charge in [-0.1, -0.05) is 53.2 Å². The van der Waals surface area contributed by atoms with Crippen molar-refractivity contribution in [3.63, 3.8) is 0 Å². The van der Waals surface area contributed by atoms with Gasteiger partial charge in [-0.2, -0.15) is 0 Å². The molecule has 0 aliphatic heterocycles. The van der Waals surface area contributed by atoms with Crippen molar-refractivity contribution in [2.45, 2.75) is 45.9 Å². The van der Waals surface area contributed by atoms with Gasteiger partial charge in [-0.15, -0.1) is 12.4 Å². The lowest BCUT2D eigenvalue weighted by atomic mass is 10.0. The van der Waals surface area contributed by atoms with Gasteiger partial charge in [0.2, 0.25) is 0 Å². The fourth-order valence-corrected chi connectivity index (χ4v) is 2.74. The van der Waals surface area contributed by atoms with Crippen LogP contribution >= 0.6 is 28.3 Å². The molecule has 0 bridgehead atoms. The van der Waals surface area contributed by atoms with Gasteiger partial charge in [-0.05, 0) is 38.0 Å². The highest BCUT2D eigenvalue weighted by molar-refractivity contribution is 9.10. The third-order valence-electron chi connectivity index (χ3n) is 4.18. The summed E-state index contributed by atoms with van der Waals surface area (Å²) in [5.74, 6) is 1.54. The lowest BCUT2D eigenvalue weighted by Crippen LogP contribution is -2.37. The maximum absolute atomic E-state index is 6.11. The van der Waals surface area contributed by atoms with E-state index in [0.717, 1.165) is 40.1 Å². The van der Waals surface area contributed by atoms with Crippen LogP contribution < -0.4 is 14.8 Å². The van der Waals surface area contributed by atoms with Gasteiger partial charge in [0.15, 0.2) is 11.5 Å². The second kappa shape index (κ2) is 10.0. The highest BCUT2D eigenvalue weighted by Gasteiger charge is 2.18. The van der Waals surface area contributed by atoms with Gasteiger partial charge in [0.05, 0.1) is 7.11 Å². The average molecular weight is 429 g/mol. The summed E-state index contributed by atoms with van der Waals surface area (Å²) in [6.07, 6.45) is 1.05. The van der Waals surface area contributed by atoms with Crippen LogP contribution in [0, 0.1) is 0 Å². The lowest BCUT2D eigenvalue weighted by Gasteiger charge is -2.26. The largest absolute Gasteiger partial charge is 0.493 e. The molecule has 138 valence electrons. The molecule has 0 aliphatic carbocycles. The number of methoxy groups -OCH3 is 1. The zero-order valence-electron chi connectivity index (χ0n) is 15.3. The van der Waals surface area contributed by atoms with Gasteiger partial charge in [0.1, 0.15) is 6.61 Å². The normalized spacial score (nSPS) is 10.9. The lowest BCUT2D eigenvalue weighted by molar-refractivity contribution is 0.278. The molecule has 2 aromatic carbocycles.